The number of alkyl carbamates (subject to hydrolysis) is 1. The second-order valence-corrected chi connectivity index (χ2v) is 8.42. The Balaban J connectivity index is 1.59. The van der Waals surface area contributed by atoms with Gasteiger partial charge < -0.3 is 20.5 Å². The van der Waals surface area contributed by atoms with Crippen LogP contribution in [0.25, 0.3) is 0 Å². The average Bonchev–Trinajstić information content (AvgIpc) is 3.33. The van der Waals surface area contributed by atoms with Gasteiger partial charge in [0.25, 0.3) is 5.91 Å². The van der Waals surface area contributed by atoms with Gasteiger partial charge >= 0.3 is 12.2 Å². The van der Waals surface area contributed by atoms with Crippen LogP contribution in [0, 0.1) is 11.3 Å². The van der Waals surface area contributed by atoms with Gasteiger partial charge in [-0.05, 0) is 36.7 Å². The first-order chi connectivity index (χ1) is 14.8. The molecular weight excluding hydrogens is 404 g/mol. The maximum atomic E-state index is 12.8. The lowest BCUT2D eigenvalue weighted by molar-refractivity contribution is -0.129. The number of amides is 4. The molecule has 4 amide bonds. The molecule has 0 bridgehead atoms. The number of benzene rings is 1. The first-order valence-corrected chi connectivity index (χ1v) is 10.3. The van der Waals surface area contributed by atoms with Gasteiger partial charge in [0.05, 0.1) is 12.5 Å². The van der Waals surface area contributed by atoms with Gasteiger partial charge in [-0.15, -0.1) is 0 Å². The predicted octanol–water partition coefficient (Wildman–Crippen LogP) is 1.62. The van der Waals surface area contributed by atoms with E-state index in [1.807, 2.05) is 37.3 Å². The first kappa shape index (κ1) is 22.4. The van der Waals surface area contributed by atoms with Gasteiger partial charge in [-0.1, -0.05) is 37.3 Å². The molecule has 1 aliphatic carbocycles. The molecule has 10 nitrogen and oxygen atoms in total. The van der Waals surface area contributed by atoms with E-state index >= 15 is 0 Å². The van der Waals surface area contributed by atoms with Crippen LogP contribution in [-0.4, -0.2) is 53.2 Å². The van der Waals surface area contributed by atoms with Crippen LogP contribution in [0.3, 0.4) is 0 Å². The quantitative estimate of drug-likeness (QED) is 0.461. The number of carboxylic acid groups (broad SMARTS) is 1. The molecule has 4 N–H and O–H groups in total. The fourth-order valence-electron chi connectivity index (χ4n) is 3.45. The minimum absolute atomic E-state index is 0.0519. The van der Waals surface area contributed by atoms with Gasteiger partial charge in [-0.2, -0.15) is 0 Å². The second-order valence-electron chi connectivity index (χ2n) is 8.42. The number of nitrogens with one attached hydrogen (secondary N) is 3. The van der Waals surface area contributed by atoms with Gasteiger partial charge in [-0.3, -0.25) is 15.0 Å². The summed E-state index contributed by atoms with van der Waals surface area (Å²) >= 11 is 0. The third kappa shape index (κ3) is 6.59. The number of hydrazine groups is 1. The van der Waals surface area contributed by atoms with Crippen molar-refractivity contribution in [3.63, 3.8) is 0 Å². The third-order valence-electron chi connectivity index (χ3n) is 5.66. The van der Waals surface area contributed by atoms with Crippen molar-refractivity contribution in [1.82, 2.24) is 21.1 Å². The van der Waals surface area contributed by atoms with E-state index in [2.05, 4.69) is 16.1 Å². The summed E-state index contributed by atoms with van der Waals surface area (Å²) in [6.07, 6.45) is 0.548. The van der Waals surface area contributed by atoms with Crippen LogP contribution in [0.5, 0.6) is 0 Å². The van der Waals surface area contributed by atoms with Crippen LogP contribution < -0.4 is 16.1 Å². The fourth-order valence-corrected chi connectivity index (χ4v) is 3.45. The second kappa shape index (κ2) is 9.67. The molecule has 168 valence electrons. The smallest absolute Gasteiger partial charge is 0.426 e. The van der Waals surface area contributed by atoms with Crippen molar-refractivity contribution in [2.75, 3.05) is 13.1 Å². The van der Waals surface area contributed by atoms with E-state index in [1.54, 1.807) is 0 Å². The Labute approximate surface area is 180 Å². The van der Waals surface area contributed by atoms with Crippen LogP contribution in [0.4, 0.5) is 9.59 Å². The Bertz CT molecular complexity index is 826. The number of hydrogen-bond acceptors (Lipinski definition) is 5. The van der Waals surface area contributed by atoms with Crippen molar-refractivity contribution in [2.24, 2.45) is 11.3 Å². The Kier molecular flexibility index (Phi) is 6.98. The van der Waals surface area contributed by atoms with E-state index in [-0.39, 0.29) is 24.5 Å². The zero-order chi connectivity index (χ0) is 22.4. The summed E-state index contributed by atoms with van der Waals surface area (Å²) in [6, 6.07) is 8.16. The first-order valence-electron chi connectivity index (χ1n) is 10.3. The van der Waals surface area contributed by atoms with Gasteiger partial charge in [0.1, 0.15) is 12.6 Å². The largest absolute Gasteiger partial charge is 0.464 e. The third-order valence-corrected chi connectivity index (χ3v) is 5.66. The molecule has 0 spiro atoms. The van der Waals surface area contributed by atoms with Crippen LogP contribution in [0.15, 0.2) is 30.3 Å². The number of ether oxygens (including phenoxy) is 1. The molecule has 1 aromatic carbocycles. The van der Waals surface area contributed by atoms with E-state index in [9.17, 15) is 24.3 Å². The van der Waals surface area contributed by atoms with E-state index in [0.29, 0.717) is 24.4 Å². The predicted molar refractivity (Wildman–Crippen MR) is 109 cm³/mol. The Morgan fingerprint density at radius 1 is 1.29 bits per heavy atom. The van der Waals surface area contributed by atoms with Gasteiger partial charge in [0, 0.05) is 6.54 Å². The molecule has 0 radical (unpaired) electrons. The standard InChI is InChI=1S/C21H28N4O6/c1-21(8-9-21)11-16(23-19(28)31-13-14-5-3-2-4-6-14)18(27)24-25(20(29)30)12-15-7-10-22-17(15)26/h2-6,15-16H,7-13H2,1H3,(H,22,26)(H,23,28)(H,24,27)(H,29,30)/t15-,16?/m0/s1. The van der Waals surface area contributed by atoms with E-state index in [0.717, 1.165) is 18.4 Å². The van der Waals surface area contributed by atoms with Gasteiger partial charge in [-0.25, -0.2) is 14.6 Å². The summed E-state index contributed by atoms with van der Waals surface area (Å²) in [6.45, 7) is 2.37. The fraction of sp³-hybridized carbons (Fsp3) is 0.524. The molecule has 1 saturated heterocycles. The normalized spacial score (nSPS) is 19.6. The summed E-state index contributed by atoms with van der Waals surface area (Å²) in [5.41, 5.74) is 3.05. The van der Waals surface area contributed by atoms with Crippen molar-refractivity contribution in [3.05, 3.63) is 35.9 Å². The SMILES string of the molecule is CC1(CC(NC(=O)OCc2ccccc2)C(=O)NN(C[C@@H]2CCNC2=O)C(=O)O)CC1. The summed E-state index contributed by atoms with van der Waals surface area (Å²) in [5.74, 6) is -1.43. The molecule has 10 heteroatoms. The van der Waals surface area contributed by atoms with E-state index < -0.39 is 30.1 Å². The molecule has 1 heterocycles. The molecule has 1 saturated carbocycles. The molecule has 1 unspecified atom stereocenters. The van der Waals surface area contributed by atoms with Crippen molar-refractivity contribution in [1.29, 1.82) is 0 Å². The van der Waals surface area contributed by atoms with Crippen LogP contribution in [0.1, 0.15) is 38.2 Å². The Morgan fingerprint density at radius 2 is 2.00 bits per heavy atom. The van der Waals surface area contributed by atoms with E-state index in [4.69, 9.17) is 4.74 Å². The molecular formula is C21H28N4O6. The molecule has 2 atom stereocenters. The highest BCUT2D eigenvalue weighted by molar-refractivity contribution is 5.87. The van der Waals surface area contributed by atoms with Crippen molar-refractivity contribution in [2.45, 2.75) is 45.3 Å². The van der Waals surface area contributed by atoms with E-state index in [1.165, 1.54) is 0 Å². The molecule has 1 aromatic rings. The number of rotatable bonds is 8. The Morgan fingerprint density at radius 3 is 2.58 bits per heavy atom. The minimum atomic E-state index is -1.38. The van der Waals surface area contributed by atoms with Crippen LogP contribution in [0.2, 0.25) is 0 Å². The lowest BCUT2D eigenvalue weighted by atomic mass is 9.99. The monoisotopic (exact) mass is 432 g/mol. The molecule has 3 rings (SSSR count). The minimum Gasteiger partial charge on any atom is -0.464 e. The highest BCUT2D eigenvalue weighted by Crippen LogP contribution is 2.48. The lowest BCUT2D eigenvalue weighted by Gasteiger charge is -2.26. The lowest BCUT2D eigenvalue weighted by Crippen LogP contribution is -2.55. The molecule has 0 aromatic heterocycles. The number of carbonyl (C=O) groups is 4. The molecule has 2 fully saturated rings. The Hall–Kier alpha value is -3.30. The summed E-state index contributed by atoms with van der Waals surface area (Å²) < 4.78 is 5.20. The zero-order valence-electron chi connectivity index (χ0n) is 17.4. The van der Waals surface area contributed by atoms with Crippen LogP contribution >= 0.6 is 0 Å². The number of carbonyl (C=O) groups excluding carboxylic acids is 3. The molecule has 1 aliphatic heterocycles. The summed E-state index contributed by atoms with van der Waals surface area (Å²) in [4.78, 5) is 48.5. The topological polar surface area (TPSA) is 137 Å². The average molecular weight is 432 g/mol. The molecule has 2 aliphatic rings. The van der Waals surface area contributed by atoms with Crippen molar-refractivity contribution >= 4 is 24.0 Å². The number of hydrogen-bond donors (Lipinski definition) is 4. The van der Waals surface area contributed by atoms with Crippen molar-refractivity contribution < 1.29 is 29.0 Å². The van der Waals surface area contributed by atoms with Crippen LogP contribution in [-0.2, 0) is 20.9 Å². The highest BCUT2D eigenvalue weighted by atomic mass is 16.5. The van der Waals surface area contributed by atoms with Crippen molar-refractivity contribution in [3.8, 4) is 0 Å². The maximum absolute atomic E-state index is 12.8. The van der Waals surface area contributed by atoms with Gasteiger partial charge in [0.15, 0.2) is 0 Å². The highest BCUT2D eigenvalue weighted by Gasteiger charge is 2.42. The van der Waals surface area contributed by atoms with Gasteiger partial charge in [0.2, 0.25) is 5.91 Å². The number of nitrogens with zero attached hydrogens (tertiary/aromatic N) is 1. The molecule has 31 heavy (non-hydrogen) atoms. The maximum Gasteiger partial charge on any atom is 0.426 e. The zero-order valence-corrected chi connectivity index (χ0v) is 17.4. The summed E-state index contributed by atoms with van der Waals surface area (Å²) in [5, 5.41) is 15.4. The summed E-state index contributed by atoms with van der Waals surface area (Å²) in [7, 11) is 0.